The lowest BCUT2D eigenvalue weighted by Crippen LogP contribution is -2.20. The number of aliphatic hydroxyl groups excluding tert-OH is 1. The Morgan fingerprint density at radius 1 is 1.09 bits per heavy atom. The first kappa shape index (κ1) is 25.3. The molecule has 0 aliphatic heterocycles. The van der Waals surface area contributed by atoms with Gasteiger partial charge in [0.25, 0.3) is 0 Å². The van der Waals surface area contributed by atoms with Crippen LogP contribution in [-0.2, 0) is 24.2 Å². The van der Waals surface area contributed by atoms with Gasteiger partial charge in [0.05, 0.1) is 32.4 Å². The van der Waals surface area contributed by atoms with Crippen molar-refractivity contribution in [2.75, 3.05) is 14.2 Å². The van der Waals surface area contributed by atoms with Gasteiger partial charge < -0.3 is 19.7 Å². The minimum Gasteiger partial charge on any atom is -0.496 e. The number of nitrogens with zero attached hydrogens (tertiary/aromatic N) is 2. The Bertz CT molecular complexity index is 1070. The molecule has 7 heteroatoms. The van der Waals surface area contributed by atoms with Crippen LogP contribution in [0.2, 0.25) is 0 Å². The summed E-state index contributed by atoms with van der Waals surface area (Å²) < 4.78 is 12.8. The summed E-state index contributed by atoms with van der Waals surface area (Å²) in [5.74, 6) is 0.295. The fourth-order valence-electron chi connectivity index (χ4n) is 4.34. The number of hydrogen-bond donors (Lipinski definition) is 2. The van der Waals surface area contributed by atoms with Crippen LogP contribution in [0.3, 0.4) is 0 Å². The lowest BCUT2D eigenvalue weighted by Gasteiger charge is -2.25. The Balaban J connectivity index is 1.85. The molecule has 2 aromatic carbocycles. The highest BCUT2D eigenvalue weighted by Crippen LogP contribution is 2.36. The van der Waals surface area contributed by atoms with Crippen LogP contribution < -0.4 is 9.47 Å². The van der Waals surface area contributed by atoms with E-state index in [4.69, 9.17) is 14.6 Å². The van der Waals surface area contributed by atoms with Gasteiger partial charge >= 0.3 is 5.97 Å². The zero-order chi connectivity index (χ0) is 24.7. The van der Waals surface area contributed by atoms with E-state index in [9.17, 15) is 9.90 Å². The first-order valence-corrected chi connectivity index (χ1v) is 11.5. The fourth-order valence-corrected chi connectivity index (χ4v) is 4.34. The highest BCUT2D eigenvalue weighted by atomic mass is 16.5. The average Bonchev–Trinajstić information content (AvgIpc) is 3.16. The van der Waals surface area contributed by atoms with E-state index in [0.717, 1.165) is 30.4 Å². The van der Waals surface area contributed by atoms with E-state index in [1.165, 1.54) is 5.56 Å². The van der Waals surface area contributed by atoms with Crippen LogP contribution >= 0.6 is 0 Å². The van der Waals surface area contributed by atoms with Crippen LogP contribution in [0.5, 0.6) is 11.5 Å². The summed E-state index contributed by atoms with van der Waals surface area (Å²) in [5, 5.41) is 25.1. The summed E-state index contributed by atoms with van der Waals surface area (Å²) in [7, 11) is 3.21. The maximum absolute atomic E-state index is 11.4. The number of carboxylic acid groups (broad SMARTS) is 1. The summed E-state index contributed by atoms with van der Waals surface area (Å²) in [6.07, 6.45) is 3.51. The molecule has 0 spiro atoms. The average molecular weight is 467 g/mol. The number of carboxylic acids is 1. The number of ether oxygens (including phenoxy) is 2. The zero-order valence-corrected chi connectivity index (χ0v) is 20.3. The van der Waals surface area contributed by atoms with Gasteiger partial charge in [0, 0.05) is 29.8 Å². The molecule has 2 atom stereocenters. The van der Waals surface area contributed by atoms with E-state index in [0.29, 0.717) is 29.3 Å². The van der Waals surface area contributed by atoms with E-state index >= 15 is 0 Å². The molecule has 7 nitrogen and oxygen atoms in total. The fraction of sp³-hybridized carbons (Fsp3) is 0.407. The molecule has 0 radical (unpaired) electrons. The molecular formula is C27H34N2O5. The quantitative estimate of drug-likeness (QED) is 0.408. The Hall–Kier alpha value is -3.32. The molecule has 182 valence electrons. The van der Waals surface area contributed by atoms with Crippen LogP contribution in [0.15, 0.2) is 48.7 Å². The van der Waals surface area contributed by atoms with Crippen molar-refractivity contribution in [2.24, 2.45) is 5.92 Å². The normalized spacial score (nSPS) is 12.9. The van der Waals surface area contributed by atoms with Crippen LogP contribution in [0, 0.1) is 19.8 Å². The van der Waals surface area contributed by atoms with Gasteiger partial charge in [0.15, 0.2) is 0 Å². The number of methoxy groups -OCH3 is 2. The van der Waals surface area contributed by atoms with Gasteiger partial charge in [0.1, 0.15) is 11.5 Å². The molecule has 0 saturated carbocycles. The number of aryl methyl sites for hydroxylation is 2. The van der Waals surface area contributed by atoms with Gasteiger partial charge in [0.2, 0.25) is 0 Å². The SMILES string of the molecule is COc1cc(C(O)[C@H](CCCc2ccccc2)Cn2cc(CC(=O)O)c(C)n2)cc(OC)c1C. The number of aliphatic hydroxyl groups is 1. The Kier molecular flexibility index (Phi) is 8.71. The van der Waals surface area contributed by atoms with Crippen molar-refractivity contribution in [3.63, 3.8) is 0 Å². The van der Waals surface area contributed by atoms with Crippen molar-refractivity contribution in [2.45, 2.75) is 52.2 Å². The Morgan fingerprint density at radius 2 is 1.74 bits per heavy atom. The number of hydrogen-bond acceptors (Lipinski definition) is 5. The minimum atomic E-state index is -0.888. The summed E-state index contributed by atoms with van der Waals surface area (Å²) in [6, 6.07) is 14.0. The first-order chi connectivity index (χ1) is 16.3. The zero-order valence-electron chi connectivity index (χ0n) is 20.3. The molecular weight excluding hydrogens is 432 g/mol. The second-order valence-electron chi connectivity index (χ2n) is 8.67. The molecule has 0 amide bonds. The summed E-state index contributed by atoms with van der Waals surface area (Å²) in [5.41, 5.74) is 4.23. The first-order valence-electron chi connectivity index (χ1n) is 11.5. The number of benzene rings is 2. The smallest absolute Gasteiger partial charge is 0.307 e. The molecule has 0 aliphatic rings. The molecule has 0 aliphatic carbocycles. The Labute approximate surface area is 201 Å². The summed E-state index contributed by atoms with van der Waals surface area (Å²) >= 11 is 0. The third kappa shape index (κ3) is 6.38. The highest BCUT2D eigenvalue weighted by molar-refractivity contribution is 5.70. The molecule has 0 fully saturated rings. The van der Waals surface area contributed by atoms with Crippen LogP contribution in [0.1, 0.15) is 46.9 Å². The maximum Gasteiger partial charge on any atom is 0.307 e. The van der Waals surface area contributed by atoms with Gasteiger partial charge in [-0.1, -0.05) is 30.3 Å². The van der Waals surface area contributed by atoms with Crippen molar-refractivity contribution < 1.29 is 24.5 Å². The second kappa shape index (κ2) is 11.7. The van der Waals surface area contributed by atoms with Gasteiger partial charge in [-0.05, 0) is 56.4 Å². The van der Waals surface area contributed by atoms with E-state index < -0.39 is 12.1 Å². The highest BCUT2D eigenvalue weighted by Gasteiger charge is 2.24. The molecule has 0 saturated heterocycles. The van der Waals surface area contributed by atoms with Crippen molar-refractivity contribution in [3.05, 3.63) is 76.6 Å². The molecule has 34 heavy (non-hydrogen) atoms. The van der Waals surface area contributed by atoms with Crippen LogP contribution in [-0.4, -0.2) is 40.2 Å². The topological polar surface area (TPSA) is 93.8 Å². The standard InChI is InChI=1S/C27H34N2O5/c1-18-24(33-3)13-22(14-25(18)34-4)27(32)21(12-8-11-20-9-6-5-7-10-20)16-29-17-23(15-26(30)31)19(2)28-29/h5-7,9-10,13-14,17,21,27,32H,8,11-12,15-16H2,1-4H3,(H,30,31)/t21-,27?/m1/s1. The third-order valence-corrected chi connectivity index (χ3v) is 6.26. The van der Waals surface area contributed by atoms with E-state index in [-0.39, 0.29) is 12.3 Å². The summed E-state index contributed by atoms with van der Waals surface area (Å²) in [4.78, 5) is 11.2. The van der Waals surface area contributed by atoms with E-state index in [1.807, 2.05) is 44.2 Å². The monoisotopic (exact) mass is 466 g/mol. The second-order valence-corrected chi connectivity index (χ2v) is 8.67. The largest absolute Gasteiger partial charge is 0.496 e. The number of rotatable bonds is 12. The maximum atomic E-state index is 11.4. The molecule has 0 bridgehead atoms. The van der Waals surface area contributed by atoms with Crippen LogP contribution in [0.25, 0.3) is 0 Å². The van der Waals surface area contributed by atoms with Gasteiger partial charge in [-0.3, -0.25) is 9.48 Å². The summed E-state index contributed by atoms with van der Waals surface area (Å²) in [6.45, 7) is 4.20. The minimum absolute atomic E-state index is 0.0700. The van der Waals surface area contributed by atoms with Crippen molar-refractivity contribution in [1.29, 1.82) is 0 Å². The van der Waals surface area contributed by atoms with E-state index in [1.54, 1.807) is 25.1 Å². The predicted molar refractivity (Wildman–Crippen MR) is 130 cm³/mol. The van der Waals surface area contributed by atoms with Gasteiger partial charge in [-0.2, -0.15) is 5.10 Å². The van der Waals surface area contributed by atoms with Crippen molar-refractivity contribution >= 4 is 5.97 Å². The number of aliphatic carboxylic acids is 1. The lowest BCUT2D eigenvalue weighted by atomic mass is 9.89. The molecule has 2 N–H and O–H groups in total. The Morgan fingerprint density at radius 3 is 2.32 bits per heavy atom. The van der Waals surface area contributed by atoms with Crippen molar-refractivity contribution in [1.82, 2.24) is 9.78 Å². The van der Waals surface area contributed by atoms with Crippen LogP contribution in [0.4, 0.5) is 0 Å². The number of aromatic nitrogens is 2. The molecule has 1 aromatic heterocycles. The predicted octanol–water partition coefficient (Wildman–Crippen LogP) is 4.52. The molecule has 1 heterocycles. The molecule has 1 unspecified atom stereocenters. The van der Waals surface area contributed by atoms with Crippen molar-refractivity contribution in [3.8, 4) is 11.5 Å². The van der Waals surface area contributed by atoms with Gasteiger partial charge in [-0.15, -0.1) is 0 Å². The lowest BCUT2D eigenvalue weighted by molar-refractivity contribution is -0.136. The number of carbonyl (C=O) groups is 1. The molecule has 3 aromatic rings. The van der Waals surface area contributed by atoms with E-state index in [2.05, 4.69) is 17.2 Å². The van der Waals surface area contributed by atoms with Gasteiger partial charge in [-0.25, -0.2) is 0 Å². The molecule has 3 rings (SSSR count). The third-order valence-electron chi connectivity index (χ3n) is 6.26.